The summed E-state index contributed by atoms with van der Waals surface area (Å²) in [5.41, 5.74) is 1.07. The van der Waals surface area contributed by atoms with Gasteiger partial charge in [0.05, 0.1) is 15.1 Å². The molecule has 156 valence electrons. The fraction of sp³-hybridized carbons (Fsp3) is 0.300. The van der Waals surface area contributed by atoms with E-state index in [9.17, 15) is 13.2 Å². The molecule has 2 aliphatic rings. The van der Waals surface area contributed by atoms with Crippen LogP contribution in [0.2, 0.25) is 0 Å². The van der Waals surface area contributed by atoms with Gasteiger partial charge in [-0.15, -0.1) is 0 Å². The first-order valence-electron chi connectivity index (χ1n) is 9.51. The Kier molecular flexibility index (Phi) is 4.64. The van der Waals surface area contributed by atoms with Crippen molar-refractivity contribution in [2.75, 3.05) is 25.6 Å². The second kappa shape index (κ2) is 7.22. The lowest BCUT2D eigenvalue weighted by molar-refractivity contribution is 0.102. The summed E-state index contributed by atoms with van der Waals surface area (Å²) in [5.74, 6) is 0.957. The molecule has 1 N–H and O–H groups in total. The second-order valence-electron chi connectivity index (χ2n) is 7.21. The molecular formula is C20H19N3O5S2. The molecule has 0 atom stereocenters. The monoisotopic (exact) mass is 445 g/mol. The summed E-state index contributed by atoms with van der Waals surface area (Å²) in [6.45, 7) is 0.997. The molecular weight excluding hydrogens is 426 g/mol. The minimum absolute atomic E-state index is 0.0819. The highest BCUT2D eigenvalue weighted by molar-refractivity contribution is 7.89. The van der Waals surface area contributed by atoms with E-state index in [-0.39, 0.29) is 16.8 Å². The molecule has 2 heterocycles. The van der Waals surface area contributed by atoms with Crippen molar-refractivity contribution in [1.29, 1.82) is 0 Å². The number of nitrogens with zero attached hydrogens (tertiary/aromatic N) is 2. The van der Waals surface area contributed by atoms with Crippen LogP contribution >= 0.6 is 11.3 Å². The molecule has 1 saturated carbocycles. The van der Waals surface area contributed by atoms with E-state index in [1.165, 1.54) is 39.9 Å². The van der Waals surface area contributed by atoms with E-state index in [0.29, 0.717) is 40.9 Å². The number of carbonyl (C=O) groups is 1. The molecule has 5 rings (SSSR count). The van der Waals surface area contributed by atoms with Crippen molar-refractivity contribution in [3.8, 4) is 11.5 Å². The normalized spacial score (nSPS) is 16.1. The summed E-state index contributed by atoms with van der Waals surface area (Å²) in [6, 6.07) is 9.68. The van der Waals surface area contributed by atoms with Crippen LogP contribution in [0.3, 0.4) is 0 Å². The van der Waals surface area contributed by atoms with Gasteiger partial charge < -0.3 is 9.47 Å². The number of sulfonamides is 1. The molecule has 2 aromatic carbocycles. The van der Waals surface area contributed by atoms with Crippen molar-refractivity contribution in [3.63, 3.8) is 0 Å². The van der Waals surface area contributed by atoms with E-state index < -0.39 is 10.0 Å². The molecule has 1 aliphatic carbocycles. The van der Waals surface area contributed by atoms with E-state index in [1.807, 2.05) is 6.07 Å². The van der Waals surface area contributed by atoms with Crippen molar-refractivity contribution in [2.45, 2.75) is 23.8 Å². The summed E-state index contributed by atoms with van der Waals surface area (Å²) in [6.07, 6.45) is 1.78. The highest BCUT2D eigenvalue weighted by atomic mass is 32.2. The minimum Gasteiger partial charge on any atom is -0.486 e. The molecule has 1 fully saturated rings. The SMILES string of the molecule is CN(C1CC1)S(=O)(=O)c1ccc(C(=O)Nc2nc3cc4c(cc3s2)OCCO4)cc1. The Morgan fingerprint density at radius 2 is 1.80 bits per heavy atom. The van der Waals surface area contributed by atoms with Gasteiger partial charge in [0.2, 0.25) is 10.0 Å². The Morgan fingerprint density at radius 1 is 1.13 bits per heavy atom. The number of anilines is 1. The van der Waals surface area contributed by atoms with Gasteiger partial charge in [0, 0.05) is 30.8 Å². The maximum atomic E-state index is 12.6. The lowest BCUT2D eigenvalue weighted by atomic mass is 10.2. The van der Waals surface area contributed by atoms with Gasteiger partial charge in [-0.25, -0.2) is 13.4 Å². The largest absolute Gasteiger partial charge is 0.486 e. The van der Waals surface area contributed by atoms with Gasteiger partial charge in [-0.2, -0.15) is 4.31 Å². The van der Waals surface area contributed by atoms with E-state index in [2.05, 4.69) is 10.3 Å². The summed E-state index contributed by atoms with van der Waals surface area (Å²) >= 11 is 1.33. The molecule has 8 nitrogen and oxygen atoms in total. The van der Waals surface area contributed by atoms with Gasteiger partial charge in [-0.05, 0) is 37.1 Å². The number of benzene rings is 2. The molecule has 3 aromatic rings. The molecule has 1 amide bonds. The van der Waals surface area contributed by atoms with Crippen molar-refractivity contribution in [2.24, 2.45) is 0 Å². The van der Waals surface area contributed by atoms with Crippen LogP contribution in [0.25, 0.3) is 10.2 Å². The summed E-state index contributed by atoms with van der Waals surface area (Å²) in [7, 11) is -1.94. The van der Waals surface area contributed by atoms with Crippen molar-refractivity contribution < 1.29 is 22.7 Å². The number of amides is 1. The van der Waals surface area contributed by atoms with Crippen LogP contribution in [-0.2, 0) is 10.0 Å². The van der Waals surface area contributed by atoms with E-state index in [1.54, 1.807) is 13.1 Å². The number of aromatic nitrogens is 1. The zero-order valence-corrected chi connectivity index (χ0v) is 17.8. The van der Waals surface area contributed by atoms with Crippen LogP contribution in [0.5, 0.6) is 11.5 Å². The number of carbonyl (C=O) groups excluding carboxylic acids is 1. The maximum Gasteiger partial charge on any atom is 0.257 e. The standard InChI is InChI=1S/C20H19N3O5S2/c1-23(13-4-5-13)30(25,26)14-6-2-12(3-7-14)19(24)22-20-21-15-10-16-17(11-18(15)29-20)28-9-8-27-16/h2-3,6-7,10-11,13H,4-5,8-9H2,1H3,(H,21,22,24). The highest BCUT2D eigenvalue weighted by Crippen LogP contribution is 2.38. The molecule has 1 aliphatic heterocycles. The van der Waals surface area contributed by atoms with Crippen molar-refractivity contribution in [3.05, 3.63) is 42.0 Å². The summed E-state index contributed by atoms with van der Waals surface area (Å²) < 4.78 is 38.6. The van der Waals surface area contributed by atoms with Crippen LogP contribution in [-0.4, -0.2) is 49.9 Å². The van der Waals surface area contributed by atoms with Crippen molar-refractivity contribution in [1.82, 2.24) is 9.29 Å². The number of nitrogens with one attached hydrogen (secondary N) is 1. The lowest BCUT2D eigenvalue weighted by Gasteiger charge is -2.17. The quantitative estimate of drug-likeness (QED) is 0.648. The Morgan fingerprint density at radius 3 is 2.47 bits per heavy atom. The van der Waals surface area contributed by atoms with Gasteiger partial charge >= 0.3 is 0 Å². The average molecular weight is 446 g/mol. The Labute approximate surface area is 177 Å². The molecule has 1 aromatic heterocycles. The third-order valence-corrected chi connectivity index (χ3v) is 7.99. The topological polar surface area (TPSA) is 97.8 Å². The number of thiazole rings is 1. The predicted octanol–water partition coefficient (Wildman–Crippen LogP) is 3.10. The Bertz CT molecular complexity index is 1190. The Hall–Kier alpha value is -2.69. The second-order valence-corrected chi connectivity index (χ2v) is 10.2. The van der Waals surface area contributed by atoms with E-state index in [0.717, 1.165) is 17.5 Å². The van der Waals surface area contributed by atoms with Crippen LogP contribution < -0.4 is 14.8 Å². The molecule has 0 saturated heterocycles. The first-order valence-corrected chi connectivity index (χ1v) is 11.8. The smallest absolute Gasteiger partial charge is 0.257 e. The van der Waals surface area contributed by atoms with Gasteiger partial charge in [0.1, 0.15) is 13.2 Å². The zero-order chi connectivity index (χ0) is 20.9. The number of hydrogen-bond donors (Lipinski definition) is 1. The number of hydrogen-bond acceptors (Lipinski definition) is 7. The van der Waals surface area contributed by atoms with Crippen LogP contribution in [0.1, 0.15) is 23.2 Å². The fourth-order valence-electron chi connectivity index (χ4n) is 3.27. The maximum absolute atomic E-state index is 12.6. The first kappa shape index (κ1) is 19.3. The minimum atomic E-state index is -3.53. The number of rotatable bonds is 5. The molecule has 0 radical (unpaired) electrons. The van der Waals surface area contributed by atoms with Crippen LogP contribution in [0, 0.1) is 0 Å². The molecule has 0 unspecified atom stereocenters. The third-order valence-electron chi connectivity index (χ3n) is 5.13. The van der Waals surface area contributed by atoms with Crippen LogP contribution in [0.15, 0.2) is 41.3 Å². The van der Waals surface area contributed by atoms with Gasteiger partial charge in [0.15, 0.2) is 16.6 Å². The van der Waals surface area contributed by atoms with Gasteiger partial charge in [-0.3, -0.25) is 10.1 Å². The lowest BCUT2D eigenvalue weighted by Crippen LogP contribution is -2.29. The third kappa shape index (κ3) is 3.51. The van der Waals surface area contributed by atoms with Crippen molar-refractivity contribution >= 4 is 42.6 Å². The fourth-order valence-corrected chi connectivity index (χ4v) is 5.55. The zero-order valence-electron chi connectivity index (χ0n) is 16.1. The Balaban J connectivity index is 1.34. The summed E-state index contributed by atoms with van der Waals surface area (Å²) in [4.78, 5) is 17.2. The number of fused-ring (bicyclic) bond motifs is 2. The van der Waals surface area contributed by atoms with E-state index in [4.69, 9.17) is 9.47 Å². The molecule has 0 bridgehead atoms. The summed E-state index contributed by atoms with van der Waals surface area (Å²) in [5, 5.41) is 3.22. The van der Waals surface area contributed by atoms with Gasteiger partial charge in [-0.1, -0.05) is 11.3 Å². The van der Waals surface area contributed by atoms with Crippen LogP contribution in [0.4, 0.5) is 5.13 Å². The molecule has 0 spiro atoms. The molecule has 30 heavy (non-hydrogen) atoms. The number of ether oxygens (including phenoxy) is 2. The van der Waals surface area contributed by atoms with E-state index >= 15 is 0 Å². The molecule has 10 heteroatoms. The first-order chi connectivity index (χ1) is 14.4. The average Bonchev–Trinajstić information content (AvgIpc) is 3.52. The predicted molar refractivity (Wildman–Crippen MR) is 113 cm³/mol. The highest BCUT2D eigenvalue weighted by Gasteiger charge is 2.35. The van der Waals surface area contributed by atoms with Gasteiger partial charge in [0.25, 0.3) is 5.91 Å².